The minimum absolute atomic E-state index is 0.460. The summed E-state index contributed by atoms with van der Waals surface area (Å²) in [7, 11) is 4.72. The van der Waals surface area contributed by atoms with Gasteiger partial charge in [0, 0.05) is 23.1 Å². The zero-order chi connectivity index (χ0) is 18.5. The molecule has 0 bridgehead atoms. The van der Waals surface area contributed by atoms with E-state index in [1.165, 1.54) is 0 Å². The lowest BCUT2D eigenvalue weighted by Gasteiger charge is -2.14. The normalized spacial score (nSPS) is 10.3. The molecule has 3 N–H and O–H groups in total. The lowest BCUT2D eigenvalue weighted by atomic mass is 10.1. The maximum atomic E-state index is 5.80. The van der Waals surface area contributed by atoms with Gasteiger partial charge < -0.3 is 25.3 Å². The van der Waals surface area contributed by atoms with Crippen LogP contribution in [0.1, 0.15) is 0 Å². The quantitative estimate of drug-likeness (QED) is 0.656. The fraction of sp³-hybridized carbons (Fsp3) is 0.158. The largest absolute Gasteiger partial charge is 0.493 e. The molecule has 3 aromatic rings. The highest BCUT2D eigenvalue weighted by Gasteiger charge is 2.15. The summed E-state index contributed by atoms with van der Waals surface area (Å²) in [6, 6.07) is 12.9. The van der Waals surface area contributed by atoms with Gasteiger partial charge in [0.05, 0.1) is 27.0 Å². The first-order valence-electron chi connectivity index (χ1n) is 7.90. The van der Waals surface area contributed by atoms with Crippen LogP contribution >= 0.6 is 0 Å². The van der Waals surface area contributed by atoms with Crippen molar-refractivity contribution in [3.63, 3.8) is 0 Å². The molecule has 7 heteroatoms. The van der Waals surface area contributed by atoms with Gasteiger partial charge in [0.2, 0.25) is 11.7 Å². The van der Waals surface area contributed by atoms with Gasteiger partial charge in [0.15, 0.2) is 11.5 Å². The van der Waals surface area contributed by atoms with Crippen molar-refractivity contribution in [1.29, 1.82) is 0 Å². The van der Waals surface area contributed by atoms with Crippen LogP contribution in [0.25, 0.3) is 11.3 Å². The summed E-state index contributed by atoms with van der Waals surface area (Å²) in [6.07, 6.45) is 1.68. The predicted molar refractivity (Wildman–Crippen MR) is 101 cm³/mol. The Balaban J connectivity index is 1.97. The van der Waals surface area contributed by atoms with Crippen molar-refractivity contribution in [2.24, 2.45) is 0 Å². The first kappa shape index (κ1) is 17.3. The molecule has 0 spiro atoms. The second-order valence-electron chi connectivity index (χ2n) is 5.43. The van der Waals surface area contributed by atoms with Crippen LogP contribution in [-0.4, -0.2) is 31.3 Å². The minimum Gasteiger partial charge on any atom is -0.493 e. The maximum absolute atomic E-state index is 5.80. The van der Waals surface area contributed by atoms with Crippen molar-refractivity contribution in [3.8, 4) is 28.5 Å². The van der Waals surface area contributed by atoms with Crippen molar-refractivity contribution < 1.29 is 14.2 Å². The fourth-order valence-electron chi connectivity index (χ4n) is 2.55. The van der Waals surface area contributed by atoms with E-state index in [0.717, 1.165) is 11.3 Å². The zero-order valence-electron chi connectivity index (χ0n) is 14.8. The number of hydrogen-bond donors (Lipinski definition) is 2. The average Bonchev–Trinajstić information content (AvgIpc) is 2.67. The number of nitrogen functional groups attached to an aromatic ring is 1. The van der Waals surface area contributed by atoms with Gasteiger partial charge in [-0.15, -0.1) is 0 Å². The van der Waals surface area contributed by atoms with Gasteiger partial charge in [0.25, 0.3) is 0 Å². The van der Waals surface area contributed by atoms with E-state index in [9.17, 15) is 0 Å². The summed E-state index contributed by atoms with van der Waals surface area (Å²) in [5.74, 6) is 2.12. The Hall–Kier alpha value is -3.48. The number of rotatable bonds is 6. The molecular formula is C19H20N4O3. The Bertz CT molecular complexity index is 890. The highest BCUT2D eigenvalue weighted by atomic mass is 16.5. The maximum Gasteiger partial charge on any atom is 0.227 e. The molecule has 1 aromatic heterocycles. The molecule has 0 aliphatic heterocycles. The monoisotopic (exact) mass is 352 g/mol. The molecule has 0 saturated carbocycles. The van der Waals surface area contributed by atoms with Crippen molar-refractivity contribution in [2.75, 3.05) is 32.4 Å². The van der Waals surface area contributed by atoms with Gasteiger partial charge in [-0.3, -0.25) is 0 Å². The molecule has 7 nitrogen and oxygen atoms in total. The zero-order valence-corrected chi connectivity index (χ0v) is 14.8. The van der Waals surface area contributed by atoms with Gasteiger partial charge in [-0.25, -0.2) is 9.97 Å². The molecule has 0 aliphatic carbocycles. The third kappa shape index (κ3) is 3.61. The van der Waals surface area contributed by atoms with Crippen molar-refractivity contribution in [3.05, 3.63) is 48.7 Å². The molecule has 0 saturated heterocycles. The number of nitrogens with zero attached hydrogens (tertiary/aromatic N) is 2. The molecule has 134 valence electrons. The van der Waals surface area contributed by atoms with Crippen LogP contribution in [0.2, 0.25) is 0 Å². The molecule has 26 heavy (non-hydrogen) atoms. The summed E-state index contributed by atoms with van der Waals surface area (Å²) < 4.78 is 16.2. The van der Waals surface area contributed by atoms with Crippen LogP contribution in [0, 0.1) is 0 Å². The number of benzene rings is 2. The molecule has 0 atom stereocenters. The highest BCUT2D eigenvalue weighted by Crippen LogP contribution is 2.40. The molecule has 3 rings (SSSR count). The molecule has 0 fully saturated rings. The predicted octanol–water partition coefficient (Wildman–Crippen LogP) is 3.50. The van der Waals surface area contributed by atoms with Crippen LogP contribution in [0.15, 0.2) is 48.7 Å². The van der Waals surface area contributed by atoms with E-state index in [1.807, 2.05) is 42.5 Å². The highest BCUT2D eigenvalue weighted by molar-refractivity contribution is 5.70. The molecule has 0 radical (unpaired) electrons. The molecule has 1 heterocycles. The Morgan fingerprint density at radius 1 is 0.923 bits per heavy atom. The van der Waals surface area contributed by atoms with Crippen molar-refractivity contribution in [2.45, 2.75) is 0 Å². The molecule has 0 amide bonds. The first-order chi connectivity index (χ1) is 12.6. The Kier molecular flexibility index (Phi) is 5.07. The second kappa shape index (κ2) is 7.60. The SMILES string of the molecule is COc1cc(-c2ccnc(Nc3cccc(N)c3)n2)cc(OC)c1OC. The van der Waals surface area contributed by atoms with Crippen molar-refractivity contribution in [1.82, 2.24) is 9.97 Å². The summed E-state index contributed by atoms with van der Waals surface area (Å²) >= 11 is 0. The van der Waals surface area contributed by atoms with E-state index in [1.54, 1.807) is 27.5 Å². The molecule has 0 unspecified atom stereocenters. The Labute approximate surface area is 151 Å². The topological polar surface area (TPSA) is 91.5 Å². The lowest BCUT2D eigenvalue weighted by Crippen LogP contribution is -1.99. The van der Waals surface area contributed by atoms with Gasteiger partial charge in [-0.2, -0.15) is 0 Å². The van der Waals surface area contributed by atoms with E-state index in [-0.39, 0.29) is 0 Å². The number of aromatic nitrogens is 2. The minimum atomic E-state index is 0.460. The van der Waals surface area contributed by atoms with Gasteiger partial charge >= 0.3 is 0 Å². The van der Waals surface area contributed by atoms with E-state index in [4.69, 9.17) is 19.9 Å². The molecule has 2 aromatic carbocycles. The summed E-state index contributed by atoms with van der Waals surface area (Å²) in [5, 5.41) is 3.15. The number of nitrogens with two attached hydrogens (primary N) is 1. The van der Waals surface area contributed by atoms with E-state index < -0.39 is 0 Å². The Morgan fingerprint density at radius 2 is 1.65 bits per heavy atom. The fourth-order valence-corrected chi connectivity index (χ4v) is 2.55. The standard InChI is InChI=1S/C19H20N4O3/c1-24-16-9-12(10-17(25-2)18(16)26-3)15-7-8-21-19(23-15)22-14-6-4-5-13(20)11-14/h4-11H,20H2,1-3H3,(H,21,22,23). The van der Waals surface area contributed by atoms with E-state index in [0.29, 0.717) is 34.6 Å². The van der Waals surface area contributed by atoms with Crippen LogP contribution < -0.4 is 25.3 Å². The Morgan fingerprint density at radius 3 is 2.27 bits per heavy atom. The number of nitrogens with one attached hydrogen (secondary N) is 1. The summed E-state index contributed by atoms with van der Waals surface area (Å²) in [5.41, 5.74) is 8.81. The van der Waals surface area contributed by atoms with Crippen LogP contribution in [0.4, 0.5) is 17.3 Å². The number of hydrogen-bond acceptors (Lipinski definition) is 7. The smallest absolute Gasteiger partial charge is 0.227 e. The molecule has 0 aliphatic rings. The molecular weight excluding hydrogens is 332 g/mol. The van der Waals surface area contributed by atoms with Crippen LogP contribution in [0.3, 0.4) is 0 Å². The first-order valence-corrected chi connectivity index (χ1v) is 7.90. The third-order valence-corrected chi connectivity index (χ3v) is 3.76. The van der Waals surface area contributed by atoms with Gasteiger partial charge in [-0.1, -0.05) is 6.07 Å². The summed E-state index contributed by atoms with van der Waals surface area (Å²) in [6.45, 7) is 0. The van der Waals surface area contributed by atoms with Gasteiger partial charge in [-0.05, 0) is 36.4 Å². The van der Waals surface area contributed by atoms with Crippen LogP contribution in [-0.2, 0) is 0 Å². The number of ether oxygens (including phenoxy) is 3. The lowest BCUT2D eigenvalue weighted by molar-refractivity contribution is 0.324. The number of anilines is 3. The summed E-state index contributed by atoms with van der Waals surface area (Å²) in [4.78, 5) is 8.82. The van der Waals surface area contributed by atoms with Crippen molar-refractivity contribution >= 4 is 17.3 Å². The van der Waals surface area contributed by atoms with E-state index >= 15 is 0 Å². The number of methoxy groups -OCH3 is 3. The second-order valence-corrected chi connectivity index (χ2v) is 5.43. The average molecular weight is 352 g/mol. The van der Waals surface area contributed by atoms with Gasteiger partial charge in [0.1, 0.15) is 0 Å². The van der Waals surface area contributed by atoms with E-state index in [2.05, 4.69) is 15.3 Å². The third-order valence-electron chi connectivity index (χ3n) is 3.76. The van der Waals surface area contributed by atoms with Crippen LogP contribution in [0.5, 0.6) is 17.2 Å².